The van der Waals surface area contributed by atoms with E-state index in [2.05, 4.69) is 26.6 Å². The molecule has 2 aromatic heterocycles. The summed E-state index contributed by atoms with van der Waals surface area (Å²) in [5.74, 6) is 2.47. The second-order valence-electron chi connectivity index (χ2n) is 7.16. The zero-order valence-electron chi connectivity index (χ0n) is 15.1. The first-order chi connectivity index (χ1) is 12.7. The van der Waals surface area contributed by atoms with Gasteiger partial charge >= 0.3 is 0 Å². The molecule has 1 aliphatic heterocycles. The van der Waals surface area contributed by atoms with Crippen LogP contribution < -0.4 is 5.32 Å². The molecule has 0 unspecified atom stereocenters. The molecule has 1 saturated heterocycles. The van der Waals surface area contributed by atoms with Crippen molar-refractivity contribution in [1.29, 1.82) is 0 Å². The zero-order chi connectivity index (χ0) is 18.0. The molecular formula is C19H25N3OS3. The molecule has 140 valence electrons. The Morgan fingerprint density at radius 2 is 2.08 bits per heavy atom. The van der Waals surface area contributed by atoms with Crippen molar-refractivity contribution in [3.63, 3.8) is 0 Å². The highest BCUT2D eigenvalue weighted by Gasteiger charge is 2.40. The minimum absolute atomic E-state index is 0.0409. The maximum absolute atomic E-state index is 12.9. The largest absolute Gasteiger partial charge is 0.349 e. The monoisotopic (exact) mass is 407 g/mol. The summed E-state index contributed by atoms with van der Waals surface area (Å²) < 4.78 is 0. The molecule has 0 bridgehead atoms. The summed E-state index contributed by atoms with van der Waals surface area (Å²) >= 11 is 5.21. The molecule has 2 aliphatic rings. The minimum atomic E-state index is 0.0409. The number of thioether (sulfide) groups is 1. The first-order valence-electron chi connectivity index (χ1n) is 9.29. The van der Waals surface area contributed by atoms with E-state index in [1.165, 1.54) is 48.5 Å². The highest BCUT2D eigenvalue weighted by molar-refractivity contribution is 7.99. The van der Waals surface area contributed by atoms with Crippen molar-refractivity contribution in [3.05, 3.63) is 27.4 Å². The molecule has 26 heavy (non-hydrogen) atoms. The quantitative estimate of drug-likeness (QED) is 0.804. The summed E-state index contributed by atoms with van der Waals surface area (Å²) in [6.07, 6.45) is 4.97. The second-order valence-corrected chi connectivity index (χ2v) is 10.2. The normalized spacial score (nSPS) is 20.3. The number of nitrogens with zero attached hydrogens (tertiary/aromatic N) is 2. The number of nitrogens with one attached hydrogen (secondary N) is 1. The third-order valence-corrected chi connectivity index (χ3v) is 8.40. The van der Waals surface area contributed by atoms with Crippen molar-refractivity contribution in [1.82, 2.24) is 15.2 Å². The van der Waals surface area contributed by atoms with Crippen LogP contribution in [-0.4, -0.2) is 52.5 Å². The maximum atomic E-state index is 12.9. The minimum Gasteiger partial charge on any atom is -0.349 e. The van der Waals surface area contributed by atoms with Gasteiger partial charge in [0.15, 0.2) is 0 Å². The van der Waals surface area contributed by atoms with Crippen LogP contribution >= 0.6 is 34.4 Å². The van der Waals surface area contributed by atoms with Gasteiger partial charge in [0.25, 0.3) is 5.91 Å². The topological polar surface area (TPSA) is 45.2 Å². The summed E-state index contributed by atoms with van der Waals surface area (Å²) in [5.41, 5.74) is 2.12. The molecule has 2 fully saturated rings. The standard InChI is InChI=1S/C19H25N3OS3/c1-14-16(26-18(21-14)15-4-9-25-12-15)17(23)20-13-19(5-2-3-6-19)22-7-10-24-11-8-22/h4,9,12H,2-3,5-8,10-11,13H2,1H3,(H,20,23). The van der Waals surface area contributed by atoms with Crippen LogP contribution in [0.3, 0.4) is 0 Å². The van der Waals surface area contributed by atoms with Gasteiger partial charge in [-0.2, -0.15) is 23.1 Å². The predicted molar refractivity (Wildman–Crippen MR) is 113 cm³/mol. The van der Waals surface area contributed by atoms with Crippen LogP contribution in [0.4, 0.5) is 0 Å². The van der Waals surface area contributed by atoms with Gasteiger partial charge in [-0.1, -0.05) is 12.8 Å². The fourth-order valence-corrected chi connectivity index (χ4v) is 6.71. The Morgan fingerprint density at radius 3 is 2.77 bits per heavy atom. The molecule has 1 aliphatic carbocycles. The molecule has 2 aromatic rings. The average molecular weight is 408 g/mol. The van der Waals surface area contributed by atoms with Crippen molar-refractivity contribution in [2.45, 2.75) is 38.1 Å². The highest BCUT2D eigenvalue weighted by atomic mass is 32.2. The fraction of sp³-hybridized carbons (Fsp3) is 0.579. The highest BCUT2D eigenvalue weighted by Crippen LogP contribution is 2.36. The summed E-state index contributed by atoms with van der Waals surface area (Å²) in [7, 11) is 0. The SMILES string of the molecule is Cc1nc(-c2ccsc2)sc1C(=O)NCC1(N2CCSCC2)CCCC1. The number of hydrogen-bond donors (Lipinski definition) is 1. The number of thiophene rings is 1. The van der Waals surface area contributed by atoms with Crippen molar-refractivity contribution in [3.8, 4) is 10.6 Å². The van der Waals surface area contributed by atoms with E-state index in [4.69, 9.17) is 0 Å². The molecule has 3 heterocycles. The third kappa shape index (κ3) is 3.72. The van der Waals surface area contributed by atoms with E-state index >= 15 is 0 Å². The van der Waals surface area contributed by atoms with Gasteiger partial charge in [-0.25, -0.2) is 4.98 Å². The predicted octanol–water partition coefficient (Wildman–Crippen LogP) is 4.27. The fourth-order valence-electron chi connectivity index (χ4n) is 4.12. The van der Waals surface area contributed by atoms with Crippen molar-refractivity contribution < 1.29 is 4.79 Å². The lowest BCUT2D eigenvalue weighted by molar-refractivity contribution is 0.0820. The van der Waals surface area contributed by atoms with E-state index < -0.39 is 0 Å². The molecule has 1 amide bonds. The van der Waals surface area contributed by atoms with E-state index in [-0.39, 0.29) is 11.4 Å². The van der Waals surface area contributed by atoms with Gasteiger partial charge in [0, 0.05) is 47.6 Å². The van der Waals surface area contributed by atoms with E-state index in [0.717, 1.165) is 40.8 Å². The zero-order valence-corrected chi connectivity index (χ0v) is 17.6. The van der Waals surface area contributed by atoms with Crippen molar-refractivity contribution in [2.75, 3.05) is 31.1 Å². The summed E-state index contributed by atoms with van der Waals surface area (Å²) in [6, 6.07) is 2.06. The lowest BCUT2D eigenvalue weighted by Crippen LogP contribution is -2.56. The number of thiazole rings is 1. The molecule has 4 nitrogen and oxygen atoms in total. The smallest absolute Gasteiger partial charge is 0.263 e. The molecule has 7 heteroatoms. The maximum Gasteiger partial charge on any atom is 0.263 e. The Labute approximate surface area is 167 Å². The lowest BCUT2D eigenvalue weighted by Gasteiger charge is -2.43. The molecular weight excluding hydrogens is 382 g/mol. The number of aromatic nitrogens is 1. The van der Waals surface area contributed by atoms with Gasteiger partial charge in [-0.05, 0) is 31.2 Å². The number of hydrogen-bond acceptors (Lipinski definition) is 6. The first-order valence-corrected chi connectivity index (χ1v) is 12.2. The number of aryl methyl sites for hydroxylation is 1. The Balaban J connectivity index is 1.46. The van der Waals surface area contributed by atoms with Crippen molar-refractivity contribution in [2.24, 2.45) is 0 Å². The van der Waals surface area contributed by atoms with Gasteiger partial charge in [-0.15, -0.1) is 11.3 Å². The Hall–Kier alpha value is -0.890. The van der Waals surface area contributed by atoms with E-state index in [0.29, 0.717) is 0 Å². The van der Waals surface area contributed by atoms with Crippen LogP contribution in [0.25, 0.3) is 10.6 Å². The molecule has 4 rings (SSSR count). The molecule has 0 spiro atoms. The molecule has 0 radical (unpaired) electrons. The molecule has 1 saturated carbocycles. The summed E-state index contributed by atoms with van der Waals surface area (Å²) in [4.78, 5) is 20.9. The molecule has 0 atom stereocenters. The lowest BCUT2D eigenvalue weighted by atomic mass is 9.94. The summed E-state index contributed by atoms with van der Waals surface area (Å²) in [5, 5.41) is 8.34. The average Bonchev–Trinajstić information content (AvgIpc) is 3.41. The third-order valence-electron chi connectivity index (χ3n) is 5.57. The number of amides is 1. The van der Waals surface area contributed by atoms with E-state index in [9.17, 15) is 4.79 Å². The first kappa shape index (κ1) is 18.5. The van der Waals surface area contributed by atoms with Gasteiger partial charge in [0.05, 0.1) is 5.69 Å². The van der Waals surface area contributed by atoms with Gasteiger partial charge < -0.3 is 5.32 Å². The van der Waals surface area contributed by atoms with Crippen LogP contribution in [-0.2, 0) is 0 Å². The number of carbonyl (C=O) groups is 1. The second kappa shape index (κ2) is 8.00. The van der Waals surface area contributed by atoms with Crippen LogP contribution in [0.5, 0.6) is 0 Å². The number of rotatable bonds is 5. The Bertz CT molecular complexity index is 744. The van der Waals surface area contributed by atoms with Gasteiger partial charge in [0.1, 0.15) is 9.88 Å². The Morgan fingerprint density at radius 1 is 1.31 bits per heavy atom. The number of carbonyl (C=O) groups excluding carboxylic acids is 1. The van der Waals surface area contributed by atoms with Crippen LogP contribution in [0.2, 0.25) is 0 Å². The van der Waals surface area contributed by atoms with E-state index in [1.54, 1.807) is 11.3 Å². The van der Waals surface area contributed by atoms with Crippen LogP contribution in [0.1, 0.15) is 41.0 Å². The summed E-state index contributed by atoms with van der Waals surface area (Å²) in [6.45, 7) is 5.01. The Kier molecular flexibility index (Phi) is 5.69. The van der Waals surface area contributed by atoms with Gasteiger partial charge in [0.2, 0.25) is 0 Å². The van der Waals surface area contributed by atoms with E-state index in [1.807, 2.05) is 24.1 Å². The van der Waals surface area contributed by atoms with Crippen LogP contribution in [0.15, 0.2) is 16.8 Å². The molecule has 0 aromatic carbocycles. The molecule has 1 N–H and O–H groups in total. The van der Waals surface area contributed by atoms with Crippen molar-refractivity contribution >= 4 is 40.3 Å². The van der Waals surface area contributed by atoms with Crippen LogP contribution in [0, 0.1) is 6.92 Å². The van der Waals surface area contributed by atoms with Gasteiger partial charge in [-0.3, -0.25) is 9.69 Å².